The average Bonchev–Trinajstić information content (AvgIpc) is 3.21. The van der Waals surface area contributed by atoms with Gasteiger partial charge in [-0.3, -0.25) is 14.4 Å². The zero-order chi connectivity index (χ0) is 42.4. The molecule has 0 aromatic carbocycles. The molecule has 0 saturated heterocycles. The molecule has 0 unspecified atom stereocenters. The summed E-state index contributed by atoms with van der Waals surface area (Å²) in [6, 6.07) is 0. The van der Waals surface area contributed by atoms with Crippen molar-refractivity contribution < 1.29 is 28.6 Å². The molecule has 0 rings (SSSR count). The van der Waals surface area contributed by atoms with Gasteiger partial charge in [-0.05, 0) is 25.2 Å². The highest BCUT2D eigenvalue weighted by Crippen LogP contribution is 2.17. The van der Waals surface area contributed by atoms with Crippen molar-refractivity contribution in [3.05, 3.63) is 0 Å². The van der Waals surface area contributed by atoms with E-state index in [4.69, 9.17) is 14.2 Å². The third kappa shape index (κ3) is 45.5. The Labute approximate surface area is 361 Å². The second kappa shape index (κ2) is 46.5. The number of carbonyl (C=O) groups is 3. The normalized spacial score (nSPS) is 11.9. The maximum Gasteiger partial charge on any atom is 0.306 e. The van der Waals surface area contributed by atoms with E-state index in [1.54, 1.807) is 0 Å². The maximum absolute atomic E-state index is 12.8. The zero-order valence-electron chi connectivity index (χ0n) is 39.5. The van der Waals surface area contributed by atoms with E-state index in [1.165, 1.54) is 186 Å². The second-order valence-corrected chi connectivity index (χ2v) is 18.3. The lowest BCUT2D eigenvalue weighted by Gasteiger charge is -2.18. The average molecular weight is 821 g/mol. The van der Waals surface area contributed by atoms with Gasteiger partial charge in [0, 0.05) is 19.3 Å². The number of rotatable bonds is 47. The molecule has 344 valence electrons. The van der Waals surface area contributed by atoms with Gasteiger partial charge in [0.25, 0.3) is 0 Å². The molecule has 6 nitrogen and oxygen atoms in total. The number of ether oxygens (including phenoxy) is 3. The van der Waals surface area contributed by atoms with Gasteiger partial charge in [0.2, 0.25) is 0 Å². The first kappa shape index (κ1) is 56.4. The molecule has 0 spiro atoms. The Bertz CT molecular complexity index is 872. The summed E-state index contributed by atoms with van der Waals surface area (Å²) in [7, 11) is 0. The predicted octanol–water partition coefficient (Wildman–Crippen LogP) is 16.7. The molecule has 58 heavy (non-hydrogen) atoms. The Morgan fingerprint density at radius 1 is 0.328 bits per heavy atom. The zero-order valence-corrected chi connectivity index (χ0v) is 39.5. The van der Waals surface area contributed by atoms with Crippen molar-refractivity contribution in [1.82, 2.24) is 0 Å². The molecule has 6 heteroatoms. The molecular formula is C52H100O6. The van der Waals surface area contributed by atoms with Gasteiger partial charge in [0.1, 0.15) is 13.2 Å². The monoisotopic (exact) mass is 821 g/mol. The van der Waals surface area contributed by atoms with Crippen molar-refractivity contribution in [2.75, 3.05) is 13.2 Å². The number of hydrogen-bond donors (Lipinski definition) is 0. The lowest BCUT2D eigenvalue weighted by molar-refractivity contribution is -0.167. The van der Waals surface area contributed by atoms with Gasteiger partial charge in [0.15, 0.2) is 6.10 Å². The van der Waals surface area contributed by atoms with Crippen molar-refractivity contribution in [3.8, 4) is 0 Å². The highest BCUT2D eigenvalue weighted by Gasteiger charge is 2.19. The van der Waals surface area contributed by atoms with Crippen molar-refractivity contribution in [2.45, 2.75) is 297 Å². The first-order valence-corrected chi connectivity index (χ1v) is 25.9. The third-order valence-electron chi connectivity index (χ3n) is 11.8. The summed E-state index contributed by atoms with van der Waals surface area (Å²) < 4.78 is 16.8. The molecule has 0 saturated carbocycles. The Kier molecular flexibility index (Phi) is 45.2. The molecule has 0 heterocycles. The van der Waals surface area contributed by atoms with Crippen LogP contribution in [0.25, 0.3) is 0 Å². The molecular weight excluding hydrogens is 721 g/mol. The topological polar surface area (TPSA) is 78.9 Å². The summed E-state index contributed by atoms with van der Waals surface area (Å²) >= 11 is 0. The van der Waals surface area contributed by atoms with Gasteiger partial charge in [0.05, 0.1) is 0 Å². The lowest BCUT2D eigenvalue weighted by Crippen LogP contribution is -2.30. The van der Waals surface area contributed by atoms with Crippen LogP contribution in [0.5, 0.6) is 0 Å². The summed E-state index contributed by atoms with van der Waals surface area (Å²) in [5, 5.41) is 0. The highest BCUT2D eigenvalue weighted by molar-refractivity contribution is 5.71. The molecule has 0 aliphatic heterocycles. The van der Waals surface area contributed by atoms with E-state index in [0.29, 0.717) is 19.3 Å². The minimum atomic E-state index is -0.759. The summed E-state index contributed by atoms with van der Waals surface area (Å²) in [5.74, 6) is 0.00550. The molecule has 0 aliphatic rings. The van der Waals surface area contributed by atoms with Crippen LogP contribution in [0.3, 0.4) is 0 Å². The summed E-state index contributed by atoms with van der Waals surface area (Å²) in [4.78, 5) is 37.8. The Balaban J connectivity index is 4.24. The van der Waals surface area contributed by atoms with Crippen LogP contribution >= 0.6 is 0 Å². The van der Waals surface area contributed by atoms with Crippen LogP contribution in [0, 0.1) is 5.92 Å². The van der Waals surface area contributed by atoms with Crippen molar-refractivity contribution in [3.63, 3.8) is 0 Å². The van der Waals surface area contributed by atoms with Gasteiger partial charge < -0.3 is 14.2 Å². The predicted molar refractivity (Wildman–Crippen MR) is 247 cm³/mol. The van der Waals surface area contributed by atoms with Crippen LogP contribution < -0.4 is 0 Å². The first-order chi connectivity index (χ1) is 28.4. The number of carbonyl (C=O) groups excluding carboxylic acids is 3. The van der Waals surface area contributed by atoms with Crippen LogP contribution in [0.15, 0.2) is 0 Å². The maximum atomic E-state index is 12.8. The number of esters is 3. The minimum absolute atomic E-state index is 0.0628. The van der Waals surface area contributed by atoms with Crippen LogP contribution in [0.1, 0.15) is 291 Å². The van der Waals surface area contributed by atoms with Crippen LogP contribution in [0.2, 0.25) is 0 Å². The summed E-state index contributed by atoms with van der Waals surface area (Å²) in [5.41, 5.74) is 0. The second-order valence-electron chi connectivity index (χ2n) is 18.3. The standard InChI is InChI=1S/C52H100O6/c1-5-7-9-11-13-15-23-28-32-36-40-44-51(54)57-47-49(46-56-50(53)43-39-35-31-27-16-14-12-10-8-6-2)58-52(55)45-41-37-33-29-25-22-20-18-17-19-21-24-26-30-34-38-42-48(3)4/h48-49H,5-47H2,1-4H3/t49-/m0/s1. The molecule has 0 aliphatic carbocycles. The fourth-order valence-electron chi connectivity index (χ4n) is 7.86. The van der Waals surface area contributed by atoms with E-state index in [9.17, 15) is 14.4 Å². The van der Waals surface area contributed by atoms with Crippen LogP contribution in [0.4, 0.5) is 0 Å². The summed E-state index contributed by atoms with van der Waals surface area (Å²) in [6.07, 6.45) is 48.0. The molecule has 0 amide bonds. The molecule has 0 fully saturated rings. The van der Waals surface area contributed by atoms with Gasteiger partial charge in [-0.2, -0.15) is 0 Å². The van der Waals surface area contributed by atoms with E-state index in [-0.39, 0.29) is 31.1 Å². The molecule has 0 aromatic heterocycles. The molecule has 0 radical (unpaired) electrons. The van der Waals surface area contributed by atoms with E-state index < -0.39 is 6.10 Å². The van der Waals surface area contributed by atoms with Crippen LogP contribution in [-0.2, 0) is 28.6 Å². The third-order valence-corrected chi connectivity index (χ3v) is 11.8. The Morgan fingerprint density at radius 2 is 0.569 bits per heavy atom. The van der Waals surface area contributed by atoms with E-state index in [2.05, 4.69) is 27.7 Å². The first-order valence-electron chi connectivity index (χ1n) is 25.9. The van der Waals surface area contributed by atoms with Gasteiger partial charge in [-0.1, -0.05) is 252 Å². The lowest BCUT2D eigenvalue weighted by atomic mass is 10.0. The highest BCUT2D eigenvalue weighted by atomic mass is 16.6. The minimum Gasteiger partial charge on any atom is -0.462 e. The van der Waals surface area contributed by atoms with Crippen LogP contribution in [-0.4, -0.2) is 37.2 Å². The number of hydrogen-bond acceptors (Lipinski definition) is 6. The number of unbranched alkanes of at least 4 members (excludes halogenated alkanes) is 34. The van der Waals surface area contributed by atoms with Gasteiger partial charge in [-0.15, -0.1) is 0 Å². The summed E-state index contributed by atoms with van der Waals surface area (Å²) in [6.45, 7) is 9.02. The molecule has 0 N–H and O–H groups in total. The van der Waals surface area contributed by atoms with E-state index >= 15 is 0 Å². The largest absolute Gasteiger partial charge is 0.462 e. The van der Waals surface area contributed by atoms with Gasteiger partial charge >= 0.3 is 17.9 Å². The van der Waals surface area contributed by atoms with E-state index in [0.717, 1.165) is 63.7 Å². The van der Waals surface area contributed by atoms with Crippen molar-refractivity contribution in [2.24, 2.45) is 5.92 Å². The van der Waals surface area contributed by atoms with E-state index in [1.807, 2.05) is 0 Å². The molecule has 0 aromatic rings. The van der Waals surface area contributed by atoms with Gasteiger partial charge in [-0.25, -0.2) is 0 Å². The smallest absolute Gasteiger partial charge is 0.306 e. The van der Waals surface area contributed by atoms with Crippen molar-refractivity contribution >= 4 is 17.9 Å². The van der Waals surface area contributed by atoms with Crippen molar-refractivity contribution in [1.29, 1.82) is 0 Å². The quantitative estimate of drug-likeness (QED) is 0.0346. The molecule has 1 atom stereocenters. The molecule has 0 bridgehead atoms. The fourth-order valence-corrected chi connectivity index (χ4v) is 7.86. The SMILES string of the molecule is CCCCCCCCCCCCCC(=O)OC[C@H](COC(=O)CCCCCCCCCCCC)OC(=O)CCCCCCCCCCCCCCCCCCC(C)C. The Morgan fingerprint density at radius 3 is 0.845 bits per heavy atom. The fraction of sp³-hybridized carbons (Fsp3) is 0.942. The Hall–Kier alpha value is -1.59.